The van der Waals surface area contributed by atoms with Crippen molar-refractivity contribution in [2.24, 2.45) is 4.40 Å². The Morgan fingerprint density at radius 3 is 2.77 bits per heavy atom. The van der Waals surface area contributed by atoms with E-state index in [0.717, 1.165) is 10.9 Å². The Bertz CT molecular complexity index is 710. The molecule has 4 nitrogen and oxygen atoms in total. The fourth-order valence-electron chi connectivity index (χ4n) is 2.02. The van der Waals surface area contributed by atoms with E-state index in [1.165, 1.54) is 11.9 Å². The second-order valence-electron chi connectivity index (χ2n) is 5.95. The van der Waals surface area contributed by atoms with E-state index >= 15 is 0 Å². The normalized spacial score (nSPS) is 12.2. The van der Waals surface area contributed by atoms with E-state index in [1.54, 1.807) is 20.1 Å². The third-order valence-electron chi connectivity index (χ3n) is 2.90. The van der Waals surface area contributed by atoms with Gasteiger partial charge in [-0.05, 0) is 70.3 Å². The number of carbonyl (C=O) groups excluding carboxylic acids is 1. The minimum Gasteiger partial charge on any atom is -0.462 e. The van der Waals surface area contributed by atoms with Crippen molar-refractivity contribution in [3.8, 4) is 0 Å². The molecule has 0 atom stereocenters. The Hall–Kier alpha value is -1.75. The second kappa shape index (κ2) is 6.57. The van der Waals surface area contributed by atoms with E-state index in [1.807, 2.05) is 18.2 Å². The highest BCUT2D eigenvalue weighted by Gasteiger charge is 2.19. The van der Waals surface area contributed by atoms with E-state index < -0.39 is 0 Å². The highest BCUT2D eigenvalue weighted by Crippen LogP contribution is 2.28. The Balaban J connectivity index is 2.36. The largest absolute Gasteiger partial charge is 0.462 e. The predicted molar refractivity (Wildman–Crippen MR) is 91.8 cm³/mol. The van der Waals surface area contributed by atoms with Crippen LogP contribution in [-0.2, 0) is 4.74 Å². The van der Waals surface area contributed by atoms with Gasteiger partial charge in [0.1, 0.15) is 16.9 Å². The lowest BCUT2D eigenvalue weighted by Gasteiger charge is -2.12. The van der Waals surface area contributed by atoms with Crippen LogP contribution >= 0.6 is 11.9 Å². The number of ether oxygens (including phenoxy) is 1. The summed E-state index contributed by atoms with van der Waals surface area (Å²) in [6.07, 6.45) is 1.80. The zero-order valence-electron chi connectivity index (χ0n) is 13.6. The van der Waals surface area contributed by atoms with Crippen LogP contribution in [-0.4, -0.2) is 23.5 Å². The Morgan fingerprint density at radius 2 is 2.14 bits per heavy atom. The van der Waals surface area contributed by atoms with Crippen LogP contribution in [0.25, 0.3) is 11.0 Å². The number of aryl methyl sites for hydroxylation is 1. The first-order chi connectivity index (χ1) is 10.3. The highest BCUT2D eigenvalue weighted by atomic mass is 32.2. The molecule has 1 aromatic carbocycles. The average molecular weight is 319 g/mol. The highest BCUT2D eigenvalue weighted by molar-refractivity contribution is 7.99. The van der Waals surface area contributed by atoms with E-state index in [2.05, 4.69) is 25.2 Å². The van der Waals surface area contributed by atoms with Gasteiger partial charge in [-0.3, -0.25) is 0 Å². The van der Waals surface area contributed by atoms with Crippen molar-refractivity contribution in [3.05, 3.63) is 35.1 Å². The maximum atomic E-state index is 12.1. The third-order valence-corrected chi connectivity index (χ3v) is 3.65. The maximum absolute atomic E-state index is 12.1. The smallest absolute Gasteiger partial charge is 0.342 e. The van der Waals surface area contributed by atoms with Crippen molar-refractivity contribution in [2.75, 3.05) is 6.61 Å². The molecule has 0 N–H and O–H groups in total. The number of furan rings is 1. The molecule has 0 radical (unpaired) electrons. The fraction of sp³-hybridized carbons (Fsp3) is 0.412. The molecule has 1 heterocycles. The van der Waals surface area contributed by atoms with Crippen molar-refractivity contribution in [2.45, 2.75) is 39.4 Å². The van der Waals surface area contributed by atoms with Crippen LogP contribution in [0, 0.1) is 6.92 Å². The maximum Gasteiger partial charge on any atom is 0.342 e. The summed E-state index contributed by atoms with van der Waals surface area (Å²) in [7, 11) is 0. The number of benzene rings is 1. The lowest BCUT2D eigenvalue weighted by atomic mass is 10.1. The first-order valence-electron chi connectivity index (χ1n) is 7.23. The van der Waals surface area contributed by atoms with Crippen LogP contribution in [0.4, 0.5) is 0 Å². The first-order valence-corrected chi connectivity index (χ1v) is 8.01. The summed E-state index contributed by atoms with van der Waals surface area (Å²) in [5, 5.41) is 0.764. The standard InChI is InChI=1S/C17H21NO3S/c1-6-20-16(19)15-11(2)21-14-8-7-12(9-13(14)15)10-18-22-17(3,4)5/h7-10H,6H2,1-5H3/b18-10+. The molecule has 1 aromatic heterocycles. The van der Waals surface area contributed by atoms with Gasteiger partial charge in [0.25, 0.3) is 0 Å². The summed E-state index contributed by atoms with van der Waals surface area (Å²) < 4.78 is 15.2. The minimum absolute atomic E-state index is 0.0723. The van der Waals surface area contributed by atoms with Crippen LogP contribution in [0.15, 0.2) is 27.0 Å². The first kappa shape index (κ1) is 16.6. The van der Waals surface area contributed by atoms with Crippen LogP contribution in [0.2, 0.25) is 0 Å². The van der Waals surface area contributed by atoms with Crippen LogP contribution in [0.3, 0.4) is 0 Å². The number of nitrogens with zero attached hydrogens (tertiary/aromatic N) is 1. The van der Waals surface area contributed by atoms with Gasteiger partial charge in [0.05, 0.1) is 6.61 Å². The molecular formula is C17H21NO3S. The van der Waals surface area contributed by atoms with E-state index in [-0.39, 0.29) is 10.7 Å². The molecule has 0 fully saturated rings. The molecule has 0 saturated carbocycles. The summed E-state index contributed by atoms with van der Waals surface area (Å²) in [4.78, 5) is 12.1. The molecule has 2 rings (SSSR count). The monoisotopic (exact) mass is 319 g/mol. The molecule has 0 amide bonds. The summed E-state index contributed by atoms with van der Waals surface area (Å²) in [6, 6.07) is 5.69. The molecule has 22 heavy (non-hydrogen) atoms. The second-order valence-corrected chi connectivity index (χ2v) is 7.57. The predicted octanol–water partition coefficient (Wildman–Crippen LogP) is 4.78. The molecule has 0 aliphatic carbocycles. The van der Waals surface area contributed by atoms with Crippen molar-refractivity contribution in [1.29, 1.82) is 0 Å². The van der Waals surface area contributed by atoms with E-state index in [4.69, 9.17) is 9.15 Å². The summed E-state index contributed by atoms with van der Waals surface area (Å²) in [5.74, 6) is 0.225. The van der Waals surface area contributed by atoms with Crippen molar-refractivity contribution in [3.63, 3.8) is 0 Å². The molecule has 118 valence electrons. The number of hydrogen-bond acceptors (Lipinski definition) is 5. The number of rotatable bonds is 4. The van der Waals surface area contributed by atoms with Crippen molar-refractivity contribution >= 4 is 35.1 Å². The minimum atomic E-state index is -0.350. The van der Waals surface area contributed by atoms with Crippen LogP contribution in [0.1, 0.15) is 49.4 Å². The molecule has 0 aliphatic rings. The molecule has 5 heteroatoms. The Kier molecular flexibility index (Phi) is 4.96. The lowest BCUT2D eigenvalue weighted by molar-refractivity contribution is 0.0526. The molecule has 0 bridgehead atoms. The Morgan fingerprint density at radius 1 is 1.41 bits per heavy atom. The molecule has 2 aromatic rings. The van der Waals surface area contributed by atoms with Crippen molar-refractivity contribution < 1.29 is 13.9 Å². The number of fused-ring (bicyclic) bond motifs is 1. The van der Waals surface area contributed by atoms with Gasteiger partial charge in [0.2, 0.25) is 0 Å². The van der Waals surface area contributed by atoms with Crippen molar-refractivity contribution in [1.82, 2.24) is 0 Å². The summed E-state index contributed by atoms with van der Waals surface area (Å²) in [6.45, 7) is 10.2. The number of carbonyl (C=O) groups is 1. The summed E-state index contributed by atoms with van der Waals surface area (Å²) in [5.41, 5.74) is 2.10. The fourth-order valence-corrected chi connectivity index (χ4v) is 2.51. The van der Waals surface area contributed by atoms with E-state index in [9.17, 15) is 4.79 Å². The van der Waals surface area contributed by atoms with Crippen LogP contribution < -0.4 is 0 Å². The Labute approximate surface area is 135 Å². The zero-order valence-corrected chi connectivity index (χ0v) is 14.4. The van der Waals surface area contributed by atoms with Gasteiger partial charge in [-0.15, -0.1) is 0 Å². The van der Waals surface area contributed by atoms with Gasteiger partial charge in [0.15, 0.2) is 0 Å². The van der Waals surface area contributed by atoms with Gasteiger partial charge in [-0.2, -0.15) is 0 Å². The van der Waals surface area contributed by atoms with Crippen LogP contribution in [0.5, 0.6) is 0 Å². The third kappa shape index (κ3) is 3.91. The lowest BCUT2D eigenvalue weighted by Crippen LogP contribution is -2.05. The molecule has 0 spiro atoms. The van der Waals surface area contributed by atoms with Gasteiger partial charge in [-0.25, -0.2) is 9.19 Å². The van der Waals surface area contributed by atoms with Gasteiger partial charge < -0.3 is 9.15 Å². The molecule has 0 saturated heterocycles. The topological polar surface area (TPSA) is 51.8 Å². The van der Waals surface area contributed by atoms with Gasteiger partial charge >= 0.3 is 5.97 Å². The number of esters is 1. The quantitative estimate of drug-likeness (QED) is 0.462. The molecule has 0 unspecified atom stereocenters. The van der Waals surface area contributed by atoms with Gasteiger partial charge in [-0.1, -0.05) is 0 Å². The average Bonchev–Trinajstić information content (AvgIpc) is 2.73. The summed E-state index contributed by atoms with van der Waals surface area (Å²) >= 11 is 1.51. The molecular weight excluding hydrogens is 298 g/mol. The van der Waals surface area contributed by atoms with E-state index in [0.29, 0.717) is 23.5 Å². The number of hydrogen-bond donors (Lipinski definition) is 0. The SMILES string of the molecule is CCOC(=O)c1c(C)oc2ccc(/C=N/SC(C)(C)C)cc12. The van der Waals surface area contributed by atoms with Gasteiger partial charge in [0, 0.05) is 16.3 Å². The molecule has 0 aliphatic heterocycles. The zero-order chi connectivity index (χ0) is 16.3.